The molecule has 0 spiro atoms. The Kier molecular flexibility index (Phi) is 2.74. The van der Waals surface area contributed by atoms with Gasteiger partial charge in [-0.1, -0.05) is 0 Å². The van der Waals surface area contributed by atoms with Crippen LogP contribution in [0.5, 0.6) is 0 Å². The van der Waals surface area contributed by atoms with Gasteiger partial charge < -0.3 is 5.11 Å². The van der Waals surface area contributed by atoms with Gasteiger partial charge in [-0.05, 0) is 19.3 Å². The van der Waals surface area contributed by atoms with Crippen molar-refractivity contribution in [1.29, 1.82) is 0 Å². The van der Waals surface area contributed by atoms with Crippen molar-refractivity contribution in [3.8, 4) is 0 Å². The number of fused-ring (bicyclic) bond motifs is 1. The van der Waals surface area contributed by atoms with Crippen molar-refractivity contribution >= 4 is 18.6 Å². The van der Waals surface area contributed by atoms with Crippen LogP contribution in [0.1, 0.15) is 19.3 Å². The van der Waals surface area contributed by atoms with E-state index in [9.17, 15) is 9.90 Å². The Hall–Kier alpha value is -1.95. The number of allylic oxidation sites excluding steroid dienone is 1. The predicted molar refractivity (Wildman–Crippen MR) is 71.7 cm³/mol. The van der Waals surface area contributed by atoms with Gasteiger partial charge in [-0.2, -0.15) is 4.99 Å². The Morgan fingerprint density at radius 1 is 1.53 bits per heavy atom. The van der Waals surface area contributed by atoms with Crippen molar-refractivity contribution in [1.82, 2.24) is 4.90 Å². The second-order valence-corrected chi connectivity index (χ2v) is 5.23. The van der Waals surface area contributed by atoms with E-state index in [1.165, 1.54) is 4.90 Å². The minimum Gasteiger partial charge on any atom is -0.465 e. The molecule has 100 valence electrons. The van der Waals surface area contributed by atoms with Gasteiger partial charge in [0.05, 0.1) is 25.5 Å². The van der Waals surface area contributed by atoms with Crippen LogP contribution in [0.2, 0.25) is 0 Å². The summed E-state index contributed by atoms with van der Waals surface area (Å²) < 4.78 is 0.475. The molecule has 0 aliphatic carbocycles. The number of likely N-dealkylation sites (tertiary alicyclic amines) is 1. The molecule has 0 saturated carbocycles. The molecule has 6 nitrogen and oxygen atoms in total. The average Bonchev–Trinajstić information content (AvgIpc) is 2.76. The van der Waals surface area contributed by atoms with Crippen molar-refractivity contribution in [3.05, 3.63) is 23.8 Å². The Morgan fingerprint density at radius 3 is 3.16 bits per heavy atom. The normalized spacial score (nSPS) is 32.9. The summed E-state index contributed by atoms with van der Waals surface area (Å²) in [5, 5.41) is 9.33. The summed E-state index contributed by atoms with van der Waals surface area (Å²) in [5.41, 5.74) is 1.82. The molecule has 3 rings (SSSR count). The van der Waals surface area contributed by atoms with Crippen LogP contribution in [-0.2, 0) is 0 Å². The van der Waals surface area contributed by atoms with Crippen molar-refractivity contribution in [3.63, 3.8) is 0 Å². The summed E-state index contributed by atoms with van der Waals surface area (Å²) in [6.45, 7) is 0.586. The van der Waals surface area contributed by atoms with Crippen LogP contribution in [0, 0.1) is 0 Å². The third kappa shape index (κ3) is 1.88. The minimum atomic E-state index is -0.864. The maximum absolute atomic E-state index is 11.4. The van der Waals surface area contributed by atoms with Crippen molar-refractivity contribution in [2.45, 2.75) is 25.3 Å². The Balaban J connectivity index is 1.99. The highest BCUT2D eigenvalue weighted by Gasteiger charge is 2.40. The standard InChI is InChI=1S/C13H16N4O2/c1-17-7-5-14-8-11(17)12(15-9-17)10-4-2-3-6-16(10)13(18)19/h5,7-10H,2-4,6H2,1H3/p+1. The number of hydrogen-bond donors (Lipinski definition) is 1. The van der Waals surface area contributed by atoms with Crippen LogP contribution in [0.25, 0.3) is 0 Å². The average molecular weight is 261 g/mol. The van der Waals surface area contributed by atoms with Crippen LogP contribution in [-0.4, -0.2) is 52.8 Å². The summed E-state index contributed by atoms with van der Waals surface area (Å²) in [6.07, 6.45) is 9.25. The number of nitrogens with zero attached hydrogens (tertiary/aromatic N) is 4. The Bertz CT molecular complexity index is 535. The van der Waals surface area contributed by atoms with E-state index in [2.05, 4.69) is 9.98 Å². The second-order valence-electron chi connectivity index (χ2n) is 5.23. The quantitative estimate of drug-likeness (QED) is 0.731. The first-order valence-corrected chi connectivity index (χ1v) is 6.48. The summed E-state index contributed by atoms with van der Waals surface area (Å²) in [4.78, 5) is 21.5. The van der Waals surface area contributed by atoms with Gasteiger partial charge in [0.15, 0.2) is 12.0 Å². The minimum absolute atomic E-state index is 0.143. The molecule has 0 radical (unpaired) electrons. The van der Waals surface area contributed by atoms with E-state index in [1.807, 2.05) is 19.6 Å². The molecule has 0 bridgehead atoms. The van der Waals surface area contributed by atoms with Crippen LogP contribution in [0.3, 0.4) is 0 Å². The molecular weight excluding hydrogens is 244 g/mol. The zero-order chi connectivity index (χ0) is 13.5. The van der Waals surface area contributed by atoms with Gasteiger partial charge in [-0.25, -0.2) is 9.28 Å². The zero-order valence-electron chi connectivity index (χ0n) is 10.9. The fourth-order valence-corrected chi connectivity index (χ4v) is 2.86. The summed E-state index contributed by atoms with van der Waals surface area (Å²) >= 11 is 0. The lowest BCUT2D eigenvalue weighted by Crippen LogP contribution is -2.44. The lowest BCUT2D eigenvalue weighted by molar-refractivity contribution is -0.706. The first-order valence-electron chi connectivity index (χ1n) is 6.48. The van der Waals surface area contributed by atoms with Crippen LogP contribution in [0.4, 0.5) is 4.79 Å². The number of piperidine rings is 1. The monoisotopic (exact) mass is 261 g/mol. The SMILES string of the molecule is C[N+]12C=CN=CC1=C(C1CCCCN1C(=O)O)N=C2. The van der Waals surface area contributed by atoms with E-state index in [0.29, 0.717) is 11.0 Å². The van der Waals surface area contributed by atoms with Crippen LogP contribution < -0.4 is 0 Å². The van der Waals surface area contributed by atoms with Crippen LogP contribution in [0.15, 0.2) is 33.8 Å². The molecule has 19 heavy (non-hydrogen) atoms. The first-order chi connectivity index (χ1) is 9.12. The van der Waals surface area contributed by atoms with Gasteiger partial charge in [0.25, 0.3) is 0 Å². The van der Waals surface area contributed by atoms with E-state index >= 15 is 0 Å². The number of carboxylic acid groups (broad SMARTS) is 1. The summed E-state index contributed by atoms with van der Waals surface area (Å²) in [5.74, 6) is 0. The third-order valence-electron chi connectivity index (χ3n) is 3.94. The Labute approximate surface area is 111 Å². The molecular formula is C13H17N4O2+. The van der Waals surface area contributed by atoms with Gasteiger partial charge in [-0.15, -0.1) is 0 Å². The first kappa shape index (κ1) is 12.1. The van der Waals surface area contributed by atoms with E-state index in [4.69, 9.17) is 0 Å². The maximum atomic E-state index is 11.4. The molecule has 2 atom stereocenters. The number of quaternary nitrogens is 1. The van der Waals surface area contributed by atoms with Crippen LogP contribution >= 0.6 is 0 Å². The smallest absolute Gasteiger partial charge is 0.407 e. The topological polar surface area (TPSA) is 65.3 Å². The molecule has 0 aromatic rings. The van der Waals surface area contributed by atoms with Gasteiger partial charge in [0.2, 0.25) is 0 Å². The van der Waals surface area contributed by atoms with E-state index < -0.39 is 6.09 Å². The van der Waals surface area contributed by atoms with Gasteiger partial charge in [0.1, 0.15) is 11.9 Å². The fraction of sp³-hybridized carbons (Fsp3) is 0.462. The maximum Gasteiger partial charge on any atom is 0.407 e. The van der Waals surface area contributed by atoms with Crippen molar-refractivity contribution in [2.24, 2.45) is 9.98 Å². The lowest BCUT2D eigenvalue weighted by atomic mass is 9.98. The lowest BCUT2D eigenvalue weighted by Gasteiger charge is -2.33. The number of carbonyl (C=O) groups is 1. The molecule has 3 aliphatic heterocycles. The molecule has 0 aromatic heterocycles. The molecule has 0 aromatic carbocycles. The predicted octanol–water partition coefficient (Wildman–Crippen LogP) is 1.77. The van der Waals surface area contributed by atoms with Crippen molar-refractivity contribution < 1.29 is 14.4 Å². The largest absolute Gasteiger partial charge is 0.465 e. The number of hydrogen-bond acceptors (Lipinski definition) is 3. The summed E-state index contributed by atoms with van der Waals surface area (Å²) in [7, 11) is 2.02. The van der Waals surface area contributed by atoms with Crippen molar-refractivity contribution in [2.75, 3.05) is 13.6 Å². The highest BCUT2D eigenvalue weighted by molar-refractivity contribution is 5.84. The molecule has 6 heteroatoms. The van der Waals surface area contributed by atoms with E-state index in [-0.39, 0.29) is 6.04 Å². The molecule has 1 saturated heterocycles. The summed E-state index contributed by atoms with van der Waals surface area (Å²) in [6, 6.07) is -0.143. The number of aliphatic imine (C=N–C) groups is 2. The second kappa shape index (κ2) is 4.31. The molecule has 1 N–H and O–H groups in total. The van der Waals surface area contributed by atoms with Gasteiger partial charge in [-0.3, -0.25) is 9.89 Å². The molecule has 3 heterocycles. The molecule has 3 aliphatic rings. The highest BCUT2D eigenvalue weighted by Crippen LogP contribution is 2.33. The van der Waals surface area contributed by atoms with E-state index in [0.717, 1.165) is 30.7 Å². The Morgan fingerprint density at radius 2 is 2.37 bits per heavy atom. The zero-order valence-corrected chi connectivity index (χ0v) is 10.9. The highest BCUT2D eigenvalue weighted by atomic mass is 16.4. The van der Waals surface area contributed by atoms with Gasteiger partial charge >= 0.3 is 6.09 Å². The number of amides is 1. The fourth-order valence-electron chi connectivity index (χ4n) is 2.86. The molecule has 1 amide bonds. The van der Waals surface area contributed by atoms with E-state index in [1.54, 1.807) is 12.4 Å². The number of rotatable bonds is 1. The molecule has 2 unspecified atom stereocenters. The molecule has 1 fully saturated rings. The van der Waals surface area contributed by atoms with Gasteiger partial charge in [0, 0.05) is 6.54 Å². The third-order valence-corrected chi connectivity index (χ3v) is 3.94.